The van der Waals surface area contributed by atoms with Crippen molar-refractivity contribution in [2.75, 3.05) is 19.7 Å². The van der Waals surface area contributed by atoms with Crippen molar-refractivity contribution in [3.05, 3.63) is 29.3 Å². The quantitative estimate of drug-likeness (QED) is 0.732. The van der Waals surface area contributed by atoms with E-state index in [-0.39, 0.29) is 36.4 Å². The first-order chi connectivity index (χ1) is 12.3. The van der Waals surface area contributed by atoms with Crippen molar-refractivity contribution >= 4 is 33.5 Å². The van der Waals surface area contributed by atoms with Crippen LogP contribution in [-0.2, 0) is 24.3 Å². The van der Waals surface area contributed by atoms with Crippen molar-refractivity contribution in [2.24, 2.45) is 5.92 Å². The SMILES string of the molecule is CCOC(=O)C(C)NC(=O)C1CCN(S(=O)(=O)c2ccc(Cl)cc2)CC1. The molecule has 144 valence electrons. The Balaban J connectivity index is 1.93. The molecule has 1 aromatic rings. The lowest BCUT2D eigenvalue weighted by atomic mass is 9.97. The third-order valence-electron chi connectivity index (χ3n) is 4.28. The molecule has 1 amide bonds. The van der Waals surface area contributed by atoms with Crippen LogP contribution in [0.4, 0.5) is 0 Å². The summed E-state index contributed by atoms with van der Waals surface area (Å²) < 4.78 is 31.5. The van der Waals surface area contributed by atoms with Gasteiger partial charge < -0.3 is 10.1 Å². The summed E-state index contributed by atoms with van der Waals surface area (Å²) in [5, 5.41) is 3.10. The zero-order chi connectivity index (χ0) is 19.3. The predicted octanol–water partition coefficient (Wildman–Crippen LogP) is 1.81. The molecule has 2 rings (SSSR count). The molecule has 0 bridgehead atoms. The van der Waals surface area contributed by atoms with Gasteiger partial charge in [0.05, 0.1) is 11.5 Å². The average Bonchev–Trinajstić information content (AvgIpc) is 2.62. The second-order valence-corrected chi connectivity index (χ2v) is 8.49. The van der Waals surface area contributed by atoms with Crippen molar-refractivity contribution in [1.29, 1.82) is 0 Å². The molecule has 1 aliphatic heterocycles. The maximum absolute atomic E-state index is 12.6. The number of halogens is 1. The number of nitrogens with zero attached hydrogens (tertiary/aromatic N) is 1. The van der Waals surface area contributed by atoms with Crippen LogP contribution in [0.25, 0.3) is 0 Å². The van der Waals surface area contributed by atoms with E-state index in [9.17, 15) is 18.0 Å². The van der Waals surface area contributed by atoms with Gasteiger partial charge in [0.15, 0.2) is 0 Å². The molecular weight excluding hydrogens is 380 g/mol. The van der Waals surface area contributed by atoms with E-state index in [0.29, 0.717) is 17.9 Å². The molecule has 0 radical (unpaired) electrons. The molecule has 0 saturated carbocycles. The number of carbonyl (C=O) groups is 2. The number of hydrogen-bond donors (Lipinski definition) is 1. The molecule has 0 aromatic heterocycles. The van der Waals surface area contributed by atoms with Gasteiger partial charge in [0, 0.05) is 24.0 Å². The highest BCUT2D eigenvalue weighted by Crippen LogP contribution is 2.25. The van der Waals surface area contributed by atoms with Gasteiger partial charge in [-0.25, -0.2) is 13.2 Å². The molecule has 1 heterocycles. The Morgan fingerprint density at radius 1 is 1.27 bits per heavy atom. The van der Waals surface area contributed by atoms with E-state index in [1.54, 1.807) is 13.8 Å². The number of piperidine rings is 1. The van der Waals surface area contributed by atoms with Gasteiger partial charge in [0.2, 0.25) is 15.9 Å². The molecule has 1 saturated heterocycles. The highest BCUT2D eigenvalue weighted by molar-refractivity contribution is 7.89. The molecule has 1 aliphatic rings. The molecule has 1 fully saturated rings. The van der Waals surface area contributed by atoms with Crippen LogP contribution in [-0.4, -0.2) is 50.3 Å². The highest BCUT2D eigenvalue weighted by atomic mass is 35.5. The Bertz CT molecular complexity index is 743. The number of amides is 1. The molecule has 1 unspecified atom stereocenters. The maximum Gasteiger partial charge on any atom is 0.328 e. The second-order valence-electron chi connectivity index (χ2n) is 6.11. The summed E-state index contributed by atoms with van der Waals surface area (Å²) in [6.45, 7) is 4.01. The van der Waals surface area contributed by atoms with Gasteiger partial charge in [-0.1, -0.05) is 11.6 Å². The van der Waals surface area contributed by atoms with E-state index in [0.717, 1.165) is 0 Å². The minimum atomic E-state index is -3.60. The van der Waals surface area contributed by atoms with Gasteiger partial charge in [-0.3, -0.25) is 4.79 Å². The lowest BCUT2D eigenvalue weighted by Gasteiger charge is -2.31. The van der Waals surface area contributed by atoms with E-state index in [1.165, 1.54) is 28.6 Å². The van der Waals surface area contributed by atoms with Crippen molar-refractivity contribution in [3.63, 3.8) is 0 Å². The number of rotatable bonds is 6. The molecular formula is C17H23ClN2O5S. The molecule has 9 heteroatoms. The minimum Gasteiger partial charge on any atom is -0.464 e. The van der Waals surface area contributed by atoms with Crippen LogP contribution in [0.2, 0.25) is 5.02 Å². The molecule has 1 aromatic carbocycles. The van der Waals surface area contributed by atoms with Crippen LogP contribution in [0.5, 0.6) is 0 Å². The van der Waals surface area contributed by atoms with Crippen molar-refractivity contribution in [3.8, 4) is 0 Å². The summed E-state index contributed by atoms with van der Waals surface area (Å²) in [4.78, 5) is 24.1. The lowest BCUT2D eigenvalue weighted by Crippen LogP contribution is -2.46. The summed E-state index contributed by atoms with van der Waals surface area (Å²) in [7, 11) is -3.60. The largest absolute Gasteiger partial charge is 0.464 e. The fraction of sp³-hybridized carbons (Fsp3) is 0.529. The number of carbonyl (C=O) groups excluding carboxylic acids is 2. The Hall–Kier alpha value is -1.64. The van der Waals surface area contributed by atoms with Gasteiger partial charge in [-0.15, -0.1) is 0 Å². The molecule has 26 heavy (non-hydrogen) atoms. The van der Waals surface area contributed by atoms with Crippen LogP contribution in [0.15, 0.2) is 29.2 Å². The average molecular weight is 403 g/mol. The maximum atomic E-state index is 12.6. The normalized spacial score (nSPS) is 17.5. The second kappa shape index (κ2) is 8.83. The Kier molecular flexibility index (Phi) is 7.02. The van der Waals surface area contributed by atoms with Crippen LogP contribution < -0.4 is 5.32 Å². The zero-order valence-electron chi connectivity index (χ0n) is 14.8. The smallest absolute Gasteiger partial charge is 0.328 e. The highest BCUT2D eigenvalue weighted by Gasteiger charge is 2.33. The van der Waals surface area contributed by atoms with E-state index < -0.39 is 22.0 Å². The molecule has 1 N–H and O–H groups in total. The van der Waals surface area contributed by atoms with Crippen LogP contribution >= 0.6 is 11.6 Å². The third-order valence-corrected chi connectivity index (χ3v) is 6.44. The van der Waals surface area contributed by atoms with Gasteiger partial charge in [0.1, 0.15) is 6.04 Å². The number of hydrogen-bond acceptors (Lipinski definition) is 5. The first-order valence-electron chi connectivity index (χ1n) is 8.48. The van der Waals surface area contributed by atoms with E-state index >= 15 is 0 Å². The number of esters is 1. The summed E-state index contributed by atoms with van der Waals surface area (Å²) in [5.41, 5.74) is 0. The molecule has 0 spiro atoms. The predicted molar refractivity (Wildman–Crippen MR) is 97.2 cm³/mol. The zero-order valence-corrected chi connectivity index (χ0v) is 16.3. The monoisotopic (exact) mass is 402 g/mol. The van der Waals surface area contributed by atoms with Crippen LogP contribution in [0, 0.1) is 5.92 Å². The van der Waals surface area contributed by atoms with Gasteiger partial charge in [-0.2, -0.15) is 4.31 Å². The summed E-state index contributed by atoms with van der Waals surface area (Å²) >= 11 is 5.80. The minimum absolute atomic E-state index is 0.181. The Labute approximate surface area is 158 Å². The first kappa shape index (κ1) is 20.7. The van der Waals surface area contributed by atoms with E-state index in [4.69, 9.17) is 16.3 Å². The number of benzene rings is 1. The summed E-state index contributed by atoms with van der Waals surface area (Å²) in [5.74, 6) is -1.07. The lowest BCUT2D eigenvalue weighted by molar-refractivity contribution is -0.147. The molecule has 1 atom stereocenters. The number of nitrogens with one attached hydrogen (secondary N) is 1. The van der Waals surface area contributed by atoms with Crippen molar-refractivity contribution in [1.82, 2.24) is 9.62 Å². The molecule has 7 nitrogen and oxygen atoms in total. The van der Waals surface area contributed by atoms with Crippen LogP contribution in [0.3, 0.4) is 0 Å². The fourth-order valence-electron chi connectivity index (χ4n) is 2.77. The number of ether oxygens (including phenoxy) is 1. The topological polar surface area (TPSA) is 92.8 Å². The Morgan fingerprint density at radius 3 is 2.38 bits per heavy atom. The summed E-state index contributed by atoms with van der Waals surface area (Å²) in [6, 6.07) is 5.28. The number of sulfonamides is 1. The third kappa shape index (κ3) is 4.96. The fourth-order valence-corrected chi connectivity index (χ4v) is 4.37. The first-order valence-corrected chi connectivity index (χ1v) is 10.3. The van der Waals surface area contributed by atoms with Gasteiger partial charge in [-0.05, 0) is 51.0 Å². The summed E-state index contributed by atoms with van der Waals surface area (Å²) in [6.07, 6.45) is 0.794. The standard InChI is InChI=1S/C17H23ClN2O5S/c1-3-25-17(22)12(2)19-16(21)13-8-10-20(11-9-13)26(23,24)15-6-4-14(18)5-7-15/h4-7,12-13H,3,8-11H2,1-2H3,(H,19,21). The van der Waals surface area contributed by atoms with Crippen LogP contribution in [0.1, 0.15) is 26.7 Å². The molecule has 0 aliphatic carbocycles. The van der Waals surface area contributed by atoms with E-state index in [2.05, 4.69) is 5.32 Å². The van der Waals surface area contributed by atoms with Gasteiger partial charge >= 0.3 is 5.97 Å². The van der Waals surface area contributed by atoms with Gasteiger partial charge in [0.25, 0.3) is 0 Å². The Morgan fingerprint density at radius 2 is 1.85 bits per heavy atom. The van der Waals surface area contributed by atoms with Crippen molar-refractivity contribution < 1.29 is 22.7 Å². The van der Waals surface area contributed by atoms with E-state index in [1.807, 2.05) is 0 Å². The van der Waals surface area contributed by atoms with Crippen molar-refractivity contribution in [2.45, 2.75) is 37.6 Å².